The fraction of sp³-hybridized carbons (Fsp3) is 0.500. The minimum atomic E-state index is -1.82. The third kappa shape index (κ3) is 9.37. The molecule has 1 saturated heterocycles. The number of carboxylic acids is 2. The summed E-state index contributed by atoms with van der Waals surface area (Å²) in [5, 5.41) is 17.7. The maximum Gasteiger partial charge on any atom is 0.414 e. The second kappa shape index (κ2) is 13.2. The van der Waals surface area contributed by atoms with Crippen molar-refractivity contribution in [1.29, 1.82) is 0 Å². The number of hydrogen-bond acceptors (Lipinski definition) is 7. The minimum Gasteiger partial charge on any atom is -0.497 e. The molecule has 3 N–H and O–H groups in total. The largest absolute Gasteiger partial charge is 0.497 e. The first-order valence-corrected chi connectivity index (χ1v) is 9.55. The summed E-state index contributed by atoms with van der Waals surface area (Å²) >= 11 is 0. The number of carboxylic acid groups (broad SMARTS) is 2. The number of esters is 1. The smallest absolute Gasteiger partial charge is 0.414 e. The Balaban J connectivity index is 0.000000656. The van der Waals surface area contributed by atoms with E-state index in [0.717, 1.165) is 30.8 Å². The van der Waals surface area contributed by atoms with Crippen LogP contribution in [0.4, 0.5) is 5.69 Å². The van der Waals surface area contributed by atoms with Crippen molar-refractivity contribution < 1.29 is 38.9 Å². The Morgan fingerprint density at radius 2 is 1.77 bits per heavy atom. The molecule has 0 spiro atoms. The summed E-state index contributed by atoms with van der Waals surface area (Å²) in [5.74, 6) is -3.11. The van der Waals surface area contributed by atoms with Gasteiger partial charge in [0, 0.05) is 25.2 Å². The van der Waals surface area contributed by atoms with E-state index in [4.69, 9.17) is 29.3 Å². The number of carbonyl (C=O) groups excluding carboxylic acids is 2. The van der Waals surface area contributed by atoms with Crippen molar-refractivity contribution in [2.45, 2.75) is 26.2 Å². The van der Waals surface area contributed by atoms with Crippen LogP contribution in [0.3, 0.4) is 0 Å². The maximum atomic E-state index is 12.1. The lowest BCUT2D eigenvalue weighted by atomic mass is 9.98. The van der Waals surface area contributed by atoms with E-state index in [2.05, 4.69) is 10.2 Å². The van der Waals surface area contributed by atoms with E-state index in [1.807, 2.05) is 31.2 Å². The fourth-order valence-corrected chi connectivity index (χ4v) is 2.87. The predicted molar refractivity (Wildman–Crippen MR) is 107 cm³/mol. The van der Waals surface area contributed by atoms with Gasteiger partial charge in [-0.2, -0.15) is 0 Å². The van der Waals surface area contributed by atoms with Crippen molar-refractivity contribution in [3.05, 3.63) is 24.3 Å². The average Bonchev–Trinajstić information content (AvgIpc) is 2.73. The van der Waals surface area contributed by atoms with E-state index < -0.39 is 11.9 Å². The molecule has 0 aliphatic carbocycles. The Morgan fingerprint density at radius 1 is 1.13 bits per heavy atom. The maximum absolute atomic E-state index is 12.1. The van der Waals surface area contributed by atoms with Crippen LogP contribution in [0.2, 0.25) is 0 Å². The molecular weight excluding hydrogens is 396 g/mol. The fourth-order valence-electron chi connectivity index (χ4n) is 2.87. The summed E-state index contributed by atoms with van der Waals surface area (Å²) in [7, 11) is 1.61. The molecule has 1 unspecified atom stereocenters. The zero-order valence-electron chi connectivity index (χ0n) is 17.1. The highest BCUT2D eigenvalue weighted by atomic mass is 16.5. The van der Waals surface area contributed by atoms with E-state index in [0.29, 0.717) is 26.1 Å². The molecule has 1 aromatic rings. The van der Waals surface area contributed by atoms with Gasteiger partial charge in [0.15, 0.2) is 0 Å². The lowest BCUT2D eigenvalue weighted by Crippen LogP contribution is -2.40. The van der Waals surface area contributed by atoms with Gasteiger partial charge in [-0.25, -0.2) is 9.59 Å². The van der Waals surface area contributed by atoms with Crippen LogP contribution >= 0.6 is 0 Å². The molecule has 0 radical (unpaired) electrons. The molecule has 166 valence electrons. The summed E-state index contributed by atoms with van der Waals surface area (Å²) in [4.78, 5) is 44.3. The van der Waals surface area contributed by atoms with Gasteiger partial charge in [0.2, 0.25) is 5.91 Å². The Kier molecular flexibility index (Phi) is 10.9. The quantitative estimate of drug-likeness (QED) is 0.438. The molecule has 1 atom stereocenters. The zero-order valence-corrected chi connectivity index (χ0v) is 17.1. The van der Waals surface area contributed by atoms with Crippen molar-refractivity contribution in [2.75, 3.05) is 38.7 Å². The number of aliphatic carboxylic acids is 2. The number of hydrogen-bond donors (Lipinski definition) is 3. The highest BCUT2D eigenvalue weighted by Crippen LogP contribution is 2.19. The molecule has 10 nitrogen and oxygen atoms in total. The van der Waals surface area contributed by atoms with Crippen molar-refractivity contribution in [1.82, 2.24) is 4.90 Å². The first-order valence-electron chi connectivity index (χ1n) is 9.55. The second-order valence-electron chi connectivity index (χ2n) is 6.53. The van der Waals surface area contributed by atoms with Crippen molar-refractivity contribution in [3.8, 4) is 5.75 Å². The second-order valence-corrected chi connectivity index (χ2v) is 6.53. The molecule has 1 aliphatic heterocycles. The van der Waals surface area contributed by atoms with Gasteiger partial charge in [0.05, 0.1) is 19.6 Å². The normalized spacial score (nSPS) is 15.9. The molecule has 0 bridgehead atoms. The van der Waals surface area contributed by atoms with Gasteiger partial charge in [-0.3, -0.25) is 9.59 Å². The summed E-state index contributed by atoms with van der Waals surface area (Å²) in [5.41, 5.74) is 0.754. The summed E-state index contributed by atoms with van der Waals surface area (Å²) in [6.45, 7) is 4.49. The summed E-state index contributed by atoms with van der Waals surface area (Å²) < 4.78 is 10.2. The van der Waals surface area contributed by atoms with Gasteiger partial charge in [-0.05, 0) is 50.6 Å². The lowest BCUT2D eigenvalue weighted by molar-refractivity contribution is -0.159. The van der Waals surface area contributed by atoms with Crippen molar-refractivity contribution in [3.63, 3.8) is 0 Å². The Morgan fingerprint density at radius 3 is 2.30 bits per heavy atom. The Labute approximate surface area is 174 Å². The number of likely N-dealkylation sites (tertiary alicyclic amines) is 1. The van der Waals surface area contributed by atoms with Gasteiger partial charge in [0.1, 0.15) is 5.75 Å². The average molecular weight is 424 g/mol. The number of methoxy groups -OCH3 is 1. The van der Waals surface area contributed by atoms with E-state index in [1.54, 1.807) is 7.11 Å². The number of nitrogens with one attached hydrogen (secondary N) is 1. The summed E-state index contributed by atoms with van der Waals surface area (Å²) in [6, 6.07) is 7.25. The van der Waals surface area contributed by atoms with Crippen LogP contribution in [0.1, 0.15) is 26.2 Å². The van der Waals surface area contributed by atoms with Crippen molar-refractivity contribution >= 4 is 29.5 Å². The Bertz CT molecular complexity index is 708. The summed E-state index contributed by atoms with van der Waals surface area (Å²) in [6.07, 6.45) is 2.23. The Hall–Kier alpha value is -3.14. The monoisotopic (exact) mass is 424 g/mol. The van der Waals surface area contributed by atoms with Gasteiger partial charge in [-0.15, -0.1) is 0 Å². The SMILES string of the molecule is CCOC(=O)C1CCCN(CCC(=O)Nc2ccc(OC)cc2)C1.O=C(O)C(=O)O. The van der Waals surface area contributed by atoms with Crippen LogP contribution in [-0.4, -0.2) is 72.3 Å². The highest BCUT2D eigenvalue weighted by Gasteiger charge is 2.26. The molecule has 1 fully saturated rings. The molecule has 1 amide bonds. The first-order chi connectivity index (χ1) is 14.3. The van der Waals surface area contributed by atoms with Crippen LogP contribution in [0.25, 0.3) is 0 Å². The number of ether oxygens (including phenoxy) is 2. The molecular formula is C20H28N2O8. The number of carbonyl (C=O) groups is 4. The highest BCUT2D eigenvalue weighted by molar-refractivity contribution is 6.27. The van der Waals surface area contributed by atoms with Gasteiger partial charge in [-0.1, -0.05) is 0 Å². The number of rotatable bonds is 7. The third-order valence-electron chi connectivity index (χ3n) is 4.34. The third-order valence-corrected chi connectivity index (χ3v) is 4.34. The van der Waals surface area contributed by atoms with E-state index in [-0.39, 0.29) is 17.8 Å². The number of piperidine rings is 1. The van der Waals surface area contributed by atoms with Crippen LogP contribution in [-0.2, 0) is 23.9 Å². The van der Waals surface area contributed by atoms with Crippen molar-refractivity contribution in [2.24, 2.45) is 5.92 Å². The molecule has 10 heteroatoms. The van der Waals surface area contributed by atoms with Crippen LogP contribution < -0.4 is 10.1 Å². The number of benzene rings is 1. The number of nitrogens with zero attached hydrogens (tertiary/aromatic N) is 1. The molecule has 2 rings (SSSR count). The van der Waals surface area contributed by atoms with Crippen LogP contribution in [0.5, 0.6) is 5.75 Å². The standard InChI is InChI=1S/C18H26N2O4.C2H2O4/c1-3-24-18(22)14-5-4-11-20(13-14)12-10-17(21)19-15-6-8-16(23-2)9-7-15;3-1(4)2(5)6/h6-9,14H,3-5,10-13H2,1-2H3,(H,19,21);(H,3,4)(H,5,6). The minimum absolute atomic E-state index is 0.0292. The number of anilines is 1. The van der Waals surface area contributed by atoms with Gasteiger partial charge in [0.25, 0.3) is 0 Å². The van der Waals surface area contributed by atoms with Crippen LogP contribution in [0, 0.1) is 5.92 Å². The molecule has 30 heavy (non-hydrogen) atoms. The first kappa shape index (κ1) is 24.9. The zero-order chi connectivity index (χ0) is 22.5. The molecule has 0 saturated carbocycles. The topological polar surface area (TPSA) is 142 Å². The van der Waals surface area contributed by atoms with Gasteiger partial charge >= 0.3 is 17.9 Å². The lowest BCUT2D eigenvalue weighted by Gasteiger charge is -2.31. The van der Waals surface area contributed by atoms with E-state index in [9.17, 15) is 9.59 Å². The molecule has 1 heterocycles. The predicted octanol–water partition coefficient (Wildman–Crippen LogP) is 1.45. The molecule has 1 aliphatic rings. The molecule has 0 aromatic heterocycles. The van der Waals surface area contributed by atoms with Gasteiger partial charge < -0.3 is 29.9 Å². The van der Waals surface area contributed by atoms with E-state index >= 15 is 0 Å². The number of amides is 1. The van der Waals surface area contributed by atoms with E-state index in [1.165, 1.54) is 0 Å². The van der Waals surface area contributed by atoms with Crippen LogP contribution in [0.15, 0.2) is 24.3 Å². The molecule has 1 aromatic carbocycles.